The standard InChI is InChI=1S/C20H27N3O2/c1-2-4-14(5-3-1)20-22-16-12-18-19(25-11-10-24-18)13-17(16)23(20)15-6-8-21-9-7-15/h12-15,21H,1-11H2. The van der Waals surface area contributed by atoms with E-state index in [1.807, 2.05) is 0 Å². The van der Waals surface area contributed by atoms with Gasteiger partial charge in [0.2, 0.25) is 0 Å². The fraction of sp³-hybridized carbons (Fsp3) is 0.650. The number of nitrogens with one attached hydrogen (secondary N) is 1. The quantitative estimate of drug-likeness (QED) is 0.903. The first kappa shape index (κ1) is 15.5. The highest BCUT2D eigenvalue weighted by molar-refractivity contribution is 5.81. The second kappa shape index (κ2) is 6.52. The van der Waals surface area contributed by atoms with Crippen LogP contribution >= 0.6 is 0 Å². The zero-order valence-electron chi connectivity index (χ0n) is 14.8. The molecule has 0 bridgehead atoms. The first-order chi connectivity index (χ1) is 12.4. The highest BCUT2D eigenvalue weighted by Gasteiger charge is 2.28. The summed E-state index contributed by atoms with van der Waals surface area (Å²) in [5.41, 5.74) is 2.31. The van der Waals surface area contributed by atoms with Gasteiger partial charge < -0.3 is 19.4 Å². The van der Waals surface area contributed by atoms with E-state index in [2.05, 4.69) is 22.0 Å². The van der Waals surface area contributed by atoms with E-state index in [9.17, 15) is 0 Å². The molecule has 1 aromatic heterocycles. The van der Waals surface area contributed by atoms with Gasteiger partial charge in [-0.3, -0.25) is 0 Å². The van der Waals surface area contributed by atoms with Gasteiger partial charge in [0.25, 0.3) is 0 Å². The molecule has 0 radical (unpaired) electrons. The van der Waals surface area contributed by atoms with Crippen LogP contribution < -0.4 is 14.8 Å². The molecular weight excluding hydrogens is 314 g/mol. The molecule has 2 aromatic rings. The summed E-state index contributed by atoms with van der Waals surface area (Å²) in [4.78, 5) is 5.13. The fourth-order valence-electron chi connectivity index (χ4n) is 4.75. The molecular formula is C20H27N3O2. The molecule has 3 heterocycles. The van der Waals surface area contributed by atoms with Crippen LogP contribution in [0.25, 0.3) is 11.0 Å². The molecule has 0 spiro atoms. The maximum absolute atomic E-state index is 5.85. The van der Waals surface area contributed by atoms with Crippen molar-refractivity contribution < 1.29 is 9.47 Å². The largest absolute Gasteiger partial charge is 0.486 e. The summed E-state index contributed by atoms with van der Waals surface area (Å²) in [6, 6.07) is 4.81. The van der Waals surface area contributed by atoms with E-state index in [0.29, 0.717) is 25.2 Å². The van der Waals surface area contributed by atoms with E-state index >= 15 is 0 Å². The van der Waals surface area contributed by atoms with E-state index in [1.165, 1.54) is 56.3 Å². The van der Waals surface area contributed by atoms with Gasteiger partial charge in [0, 0.05) is 24.1 Å². The molecule has 0 atom stereocenters. The van der Waals surface area contributed by atoms with Gasteiger partial charge in [-0.25, -0.2) is 4.98 Å². The van der Waals surface area contributed by atoms with Crippen molar-refractivity contribution in [2.24, 2.45) is 0 Å². The molecule has 1 N–H and O–H groups in total. The zero-order valence-corrected chi connectivity index (χ0v) is 14.8. The average molecular weight is 341 g/mol. The Kier molecular flexibility index (Phi) is 4.04. The topological polar surface area (TPSA) is 48.3 Å². The van der Waals surface area contributed by atoms with Crippen molar-refractivity contribution in [2.75, 3.05) is 26.3 Å². The summed E-state index contributed by atoms with van der Waals surface area (Å²) in [7, 11) is 0. The number of benzene rings is 1. The van der Waals surface area contributed by atoms with Crippen LogP contribution in [0.5, 0.6) is 11.5 Å². The van der Waals surface area contributed by atoms with Crippen molar-refractivity contribution in [1.29, 1.82) is 0 Å². The molecule has 2 aliphatic heterocycles. The third-order valence-electron chi connectivity index (χ3n) is 6.02. The Hall–Kier alpha value is -1.75. The lowest BCUT2D eigenvalue weighted by molar-refractivity contribution is 0.172. The van der Waals surface area contributed by atoms with Gasteiger partial charge in [0.15, 0.2) is 11.5 Å². The van der Waals surface area contributed by atoms with Gasteiger partial charge in [0.1, 0.15) is 19.0 Å². The van der Waals surface area contributed by atoms with Crippen molar-refractivity contribution in [3.05, 3.63) is 18.0 Å². The van der Waals surface area contributed by atoms with E-state index < -0.39 is 0 Å². The van der Waals surface area contributed by atoms with Gasteiger partial charge in [0.05, 0.1) is 11.0 Å². The molecule has 1 saturated carbocycles. The van der Waals surface area contributed by atoms with Gasteiger partial charge in [-0.05, 0) is 38.8 Å². The van der Waals surface area contributed by atoms with Crippen molar-refractivity contribution in [2.45, 2.75) is 56.9 Å². The molecule has 0 amide bonds. The molecule has 25 heavy (non-hydrogen) atoms. The minimum Gasteiger partial charge on any atom is -0.486 e. The lowest BCUT2D eigenvalue weighted by Gasteiger charge is -2.29. The summed E-state index contributed by atoms with van der Waals surface area (Å²) in [5.74, 6) is 3.65. The number of piperidine rings is 1. The average Bonchev–Trinajstić information content (AvgIpc) is 3.06. The van der Waals surface area contributed by atoms with Crippen molar-refractivity contribution in [3.63, 3.8) is 0 Å². The third kappa shape index (κ3) is 2.78. The molecule has 1 aliphatic carbocycles. The number of hydrogen-bond donors (Lipinski definition) is 1. The summed E-state index contributed by atoms with van der Waals surface area (Å²) < 4.78 is 14.2. The van der Waals surface area contributed by atoms with Gasteiger partial charge >= 0.3 is 0 Å². The lowest BCUT2D eigenvalue weighted by atomic mass is 9.88. The van der Waals surface area contributed by atoms with E-state index in [0.717, 1.165) is 30.1 Å². The number of imidazole rings is 1. The summed E-state index contributed by atoms with van der Waals surface area (Å²) in [5, 5.41) is 3.50. The molecule has 1 aromatic carbocycles. The zero-order chi connectivity index (χ0) is 16.6. The number of aromatic nitrogens is 2. The van der Waals surface area contributed by atoms with Crippen LogP contribution in [-0.2, 0) is 0 Å². The molecule has 0 unspecified atom stereocenters. The van der Waals surface area contributed by atoms with Crippen LogP contribution in [0, 0.1) is 0 Å². The van der Waals surface area contributed by atoms with Crippen molar-refractivity contribution >= 4 is 11.0 Å². The fourth-order valence-corrected chi connectivity index (χ4v) is 4.75. The maximum atomic E-state index is 5.85. The second-order valence-electron chi connectivity index (χ2n) is 7.64. The molecule has 2 fully saturated rings. The first-order valence-electron chi connectivity index (χ1n) is 9.92. The minimum absolute atomic E-state index is 0.547. The predicted molar refractivity (Wildman–Crippen MR) is 97.7 cm³/mol. The Morgan fingerprint density at radius 1 is 0.920 bits per heavy atom. The number of nitrogens with zero attached hydrogens (tertiary/aromatic N) is 2. The number of hydrogen-bond acceptors (Lipinski definition) is 4. The smallest absolute Gasteiger partial charge is 0.163 e. The number of ether oxygens (including phenoxy) is 2. The second-order valence-corrected chi connectivity index (χ2v) is 7.64. The number of rotatable bonds is 2. The summed E-state index contributed by atoms with van der Waals surface area (Å²) in [6.07, 6.45) is 8.97. The Labute approximate surface area is 148 Å². The Morgan fingerprint density at radius 2 is 1.64 bits per heavy atom. The molecule has 5 heteroatoms. The monoisotopic (exact) mass is 341 g/mol. The predicted octanol–water partition coefficient (Wildman–Crippen LogP) is 3.78. The van der Waals surface area contributed by atoms with Crippen molar-refractivity contribution in [1.82, 2.24) is 14.9 Å². The maximum Gasteiger partial charge on any atom is 0.163 e. The lowest BCUT2D eigenvalue weighted by Crippen LogP contribution is -2.30. The summed E-state index contributed by atoms with van der Waals surface area (Å²) in [6.45, 7) is 3.45. The van der Waals surface area contributed by atoms with Crippen LogP contribution in [0.2, 0.25) is 0 Å². The summed E-state index contributed by atoms with van der Waals surface area (Å²) >= 11 is 0. The first-order valence-corrected chi connectivity index (χ1v) is 9.92. The highest BCUT2D eigenvalue weighted by Crippen LogP contribution is 2.41. The van der Waals surface area contributed by atoms with E-state index in [-0.39, 0.29) is 0 Å². The molecule has 5 rings (SSSR count). The van der Waals surface area contributed by atoms with Gasteiger partial charge in [-0.1, -0.05) is 19.3 Å². The van der Waals surface area contributed by atoms with Gasteiger partial charge in [-0.2, -0.15) is 0 Å². The Bertz CT molecular complexity index is 758. The molecule has 5 nitrogen and oxygen atoms in total. The van der Waals surface area contributed by atoms with E-state index in [4.69, 9.17) is 14.5 Å². The van der Waals surface area contributed by atoms with Crippen LogP contribution in [-0.4, -0.2) is 35.9 Å². The minimum atomic E-state index is 0.547. The van der Waals surface area contributed by atoms with Crippen LogP contribution in [0.1, 0.15) is 62.7 Å². The van der Waals surface area contributed by atoms with Crippen molar-refractivity contribution in [3.8, 4) is 11.5 Å². The Balaban J connectivity index is 1.64. The SMILES string of the molecule is c1c2c(cc3c1nc(C1CCCCC1)n3C1CCNCC1)OCCO2. The van der Waals surface area contributed by atoms with Crippen LogP contribution in [0.4, 0.5) is 0 Å². The van der Waals surface area contributed by atoms with Crippen LogP contribution in [0.3, 0.4) is 0 Å². The third-order valence-corrected chi connectivity index (χ3v) is 6.02. The number of fused-ring (bicyclic) bond motifs is 2. The van der Waals surface area contributed by atoms with E-state index in [1.54, 1.807) is 0 Å². The molecule has 3 aliphatic rings. The normalized spacial score (nSPS) is 22.4. The molecule has 1 saturated heterocycles. The Morgan fingerprint density at radius 3 is 2.40 bits per heavy atom. The highest BCUT2D eigenvalue weighted by atomic mass is 16.6. The van der Waals surface area contributed by atoms with Gasteiger partial charge in [-0.15, -0.1) is 0 Å². The van der Waals surface area contributed by atoms with Crippen LogP contribution in [0.15, 0.2) is 12.1 Å². The molecule has 134 valence electrons.